The third-order valence-electron chi connectivity index (χ3n) is 3.05. The molecule has 0 aliphatic rings. The minimum Gasteiger partial charge on any atom is -0.433 e. The number of para-hydroxylation sites is 2. The van der Waals surface area contributed by atoms with Gasteiger partial charge in [0.2, 0.25) is 0 Å². The summed E-state index contributed by atoms with van der Waals surface area (Å²) in [5.41, 5.74) is 2.43. The number of rotatable bonds is 6. The summed E-state index contributed by atoms with van der Waals surface area (Å²) in [6, 6.07) is 6.61. The van der Waals surface area contributed by atoms with Crippen LogP contribution in [0.5, 0.6) is 5.75 Å². The van der Waals surface area contributed by atoms with Gasteiger partial charge in [0.05, 0.1) is 28.1 Å². The minimum atomic E-state index is -2.84. The van der Waals surface area contributed by atoms with Gasteiger partial charge in [0, 0.05) is 7.05 Å². The highest BCUT2D eigenvalue weighted by atomic mass is 79.9. The lowest BCUT2D eigenvalue weighted by Gasteiger charge is -2.12. The standard InChI is InChI=1S/C14H16BrF2N3O/c1-3-9-13(15)11(20(2)19-9)8-18-10-6-4-5-7-12(10)21-14(16)17/h4-7,14,18H,3,8H2,1-2H3. The predicted molar refractivity (Wildman–Crippen MR) is 80.7 cm³/mol. The Bertz CT molecular complexity index is 616. The summed E-state index contributed by atoms with van der Waals surface area (Å²) in [6.45, 7) is -0.368. The maximum Gasteiger partial charge on any atom is 0.387 e. The van der Waals surface area contributed by atoms with Crippen molar-refractivity contribution in [2.24, 2.45) is 7.05 Å². The molecule has 1 aromatic carbocycles. The molecule has 1 heterocycles. The minimum absolute atomic E-state index is 0.126. The van der Waals surface area contributed by atoms with E-state index in [9.17, 15) is 8.78 Å². The third-order valence-corrected chi connectivity index (χ3v) is 3.97. The van der Waals surface area contributed by atoms with Crippen LogP contribution < -0.4 is 10.1 Å². The zero-order valence-corrected chi connectivity index (χ0v) is 13.3. The molecule has 0 saturated heterocycles. The van der Waals surface area contributed by atoms with Crippen LogP contribution in [0.1, 0.15) is 18.3 Å². The van der Waals surface area contributed by atoms with Crippen molar-refractivity contribution in [3.63, 3.8) is 0 Å². The molecule has 114 valence electrons. The van der Waals surface area contributed by atoms with E-state index < -0.39 is 6.61 Å². The van der Waals surface area contributed by atoms with Gasteiger partial charge in [0.1, 0.15) is 5.75 Å². The van der Waals surface area contributed by atoms with Crippen molar-refractivity contribution < 1.29 is 13.5 Å². The average molecular weight is 360 g/mol. The molecular formula is C14H16BrF2N3O. The summed E-state index contributed by atoms with van der Waals surface area (Å²) < 4.78 is 31.9. The van der Waals surface area contributed by atoms with Crippen molar-refractivity contribution in [3.8, 4) is 5.75 Å². The number of hydrogen-bond donors (Lipinski definition) is 1. The molecule has 0 aliphatic carbocycles. The van der Waals surface area contributed by atoms with E-state index in [1.165, 1.54) is 6.07 Å². The van der Waals surface area contributed by atoms with Crippen LogP contribution in [-0.4, -0.2) is 16.4 Å². The summed E-state index contributed by atoms with van der Waals surface area (Å²) >= 11 is 3.52. The number of aromatic nitrogens is 2. The van der Waals surface area contributed by atoms with Gasteiger partial charge in [-0.15, -0.1) is 0 Å². The molecule has 7 heteroatoms. The molecule has 2 aromatic rings. The lowest BCUT2D eigenvalue weighted by atomic mass is 10.2. The number of anilines is 1. The van der Waals surface area contributed by atoms with E-state index in [4.69, 9.17) is 0 Å². The van der Waals surface area contributed by atoms with Crippen molar-refractivity contribution in [2.75, 3.05) is 5.32 Å². The van der Waals surface area contributed by atoms with Gasteiger partial charge in [-0.05, 0) is 34.5 Å². The maximum atomic E-state index is 12.4. The van der Waals surface area contributed by atoms with Crippen LogP contribution >= 0.6 is 15.9 Å². The molecule has 0 bridgehead atoms. The highest BCUT2D eigenvalue weighted by molar-refractivity contribution is 9.10. The smallest absolute Gasteiger partial charge is 0.387 e. The van der Waals surface area contributed by atoms with Crippen LogP contribution in [0.4, 0.5) is 14.5 Å². The second-order valence-electron chi connectivity index (χ2n) is 4.41. The van der Waals surface area contributed by atoms with Crippen molar-refractivity contribution in [1.29, 1.82) is 0 Å². The van der Waals surface area contributed by atoms with Crippen LogP contribution in [0.3, 0.4) is 0 Å². The van der Waals surface area contributed by atoms with E-state index in [0.717, 1.165) is 22.3 Å². The second kappa shape index (κ2) is 6.89. The lowest BCUT2D eigenvalue weighted by molar-refractivity contribution is -0.0493. The summed E-state index contributed by atoms with van der Waals surface area (Å²) in [5.74, 6) is 0.126. The van der Waals surface area contributed by atoms with Crippen LogP contribution in [0.2, 0.25) is 0 Å². The van der Waals surface area contributed by atoms with Crippen LogP contribution in [0.15, 0.2) is 28.7 Å². The SMILES string of the molecule is CCc1nn(C)c(CNc2ccccc2OC(F)F)c1Br. The highest BCUT2D eigenvalue weighted by Crippen LogP contribution is 2.27. The van der Waals surface area contributed by atoms with Gasteiger partial charge >= 0.3 is 6.61 Å². The van der Waals surface area contributed by atoms with Crippen LogP contribution in [0.25, 0.3) is 0 Å². The number of ether oxygens (including phenoxy) is 1. The van der Waals surface area contributed by atoms with Gasteiger partial charge in [-0.25, -0.2) is 0 Å². The molecule has 4 nitrogen and oxygen atoms in total. The zero-order chi connectivity index (χ0) is 15.4. The Morgan fingerprint density at radius 2 is 2.10 bits per heavy atom. The molecule has 0 unspecified atom stereocenters. The highest BCUT2D eigenvalue weighted by Gasteiger charge is 2.14. The second-order valence-corrected chi connectivity index (χ2v) is 5.21. The Morgan fingerprint density at radius 3 is 2.71 bits per heavy atom. The Kier molecular flexibility index (Phi) is 5.17. The first kappa shape index (κ1) is 15.8. The number of nitrogens with one attached hydrogen (secondary N) is 1. The average Bonchev–Trinajstić information content (AvgIpc) is 2.72. The summed E-state index contributed by atoms with van der Waals surface area (Å²) in [5, 5.41) is 7.50. The van der Waals surface area contributed by atoms with Crippen molar-refractivity contribution in [3.05, 3.63) is 40.1 Å². The number of halogens is 3. The predicted octanol–water partition coefficient (Wildman–Crippen LogP) is 3.96. The summed E-state index contributed by atoms with van der Waals surface area (Å²) in [6.07, 6.45) is 0.819. The number of nitrogens with zero attached hydrogens (tertiary/aromatic N) is 2. The van der Waals surface area contributed by atoms with Gasteiger partial charge in [-0.3, -0.25) is 4.68 Å². The summed E-state index contributed by atoms with van der Waals surface area (Å²) in [7, 11) is 1.85. The van der Waals surface area contributed by atoms with Crippen molar-refractivity contribution in [2.45, 2.75) is 26.5 Å². The van der Waals surface area contributed by atoms with Crippen LogP contribution in [-0.2, 0) is 20.0 Å². The normalized spacial score (nSPS) is 11.0. The molecule has 0 atom stereocenters. The Hall–Kier alpha value is -1.63. The maximum absolute atomic E-state index is 12.4. The fourth-order valence-corrected chi connectivity index (χ4v) is 2.76. The Morgan fingerprint density at radius 1 is 1.38 bits per heavy atom. The van der Waals surface area contributed by atoms with Crippen LogP contribution in [0, 0.1) is 0 Å². The molecule has 1 N–H and O–H groups in total. The van der Waals surface area contributed by atoms with Gasteiger partial charge in [-0.1, -0.05) is 19.1 Å². The van der Waals surface area contributed by atoms with Gasteiger partial charge < -0.3 is 10.1 Å². The molecule has 2 rings (SSSR count). The van der Waals surface area contributed by atoms with E-state index in [1.807, 2.05) is 14.0 Å². The van der Waals surface area contributed by atoms with Crippen molar-refractivity contribution in [1.82, 2.24) is 9.78 Å². The fourth-order valence-electron chi connectivity index (χ4n) is 2.00. The van der Waals surface area contributed by atoms with Gasteiger partial charge in [0.25, 0.3) is 0 Å². The van der Waals surface area contributed by atoms with Gasteiger partial charge in [0.15, 0.2) is 0 Å². The van der Waals surface area contributed by atoms with E-state index >= 15 is 0 Å². The van der Waals surface area contributed by atoms with E-state index in [-0.39, 0.29) is 5.75 Å². The monoisotopic (exact) mass is 359 g/mol. The molecule has 0 amide bonds. The quantitative estimate of drug-likeness (QED) is 0.848. The Labute approximate surface area is 130 Å². The number of hydrogen-bond acceptors (Lipinski definition) is 3. The lowest BCUT2D eigenvalue weighted by Crippen LogP contribution is -2.09. The van der Waals surface area contributed by atoms with Gasteiger partial charge in [-0.2, -0.15) is 13.9 Å². The zero-order valence-electron chi connectivity index (χ0n) is 11.7. The number of benzene rings is 1. The molecule has 21 heavy (non-hydrogen) atoms. The Balaban J connectivity index is 2.15. The van der Waals surface area contributed by atoms with Crippen molar-refractivity contribution >= 4 is 21.6 Å². The molecule has 0 radical (unpaired) electrons. The third kappa shape index (κ3) is 3.72. The summed E-state index contributed by atoms with van der Waals surface area (Å²) in [4.78, 5) is 0. The molecule has 1 aromatic heterocycles. The molecule has 0 saturated carbocycles. The molecule has 0 spiro atoms. The molecular weight excluding hydrogens is 344 g/mol. The van der Waals surface area contributed by atoms with E-state index in [2.05, 4.69) is 31.1 Å². The first-order valence-corrected chi connectivity index (χ1v) is 7.30. The van der Waals surface area contributed by atoms with E-state index in [0.29, 0.717) is 12.2 Å². The molecule has 0 aliphatic heterocycles. The fraction of sp³-hybridized carbons (Fsp3) is 0.357. The van der Waals surface area contributed by atoms with E-state index in [1.54, 1.807) is 22.9 Å². The first-order valence-electron chi connectivity index (χ1n) is 6.50. The topological polar surface area (TPSA) is 39.1 Å². The first-order chi connectivity index (χ1) is 10.0. The number of aryl methyl sites for hydroxylation is 2. The number of alkyl halides is 2. The molecule has 0 fully saturated rings. The largest absolute Gasteiger partial charge is 0.433 e.